The minimum atomic E-state index is 0.947. The highest BCUT2D eigenvalue weighted by molar-refractivity contribution is 5.90. The van der Waals surface area contributed by atoms with Gasteiger partial charge in [-0.3, -0.25) is 4.99 Å². The molecule has 0 amide bonds. The van der Waals surface area contributed by atoms with Crippen LogP contribution in [0.4, 0.5) is 0 Å². The third kappa shape index (κ3) is 2.29. The van der Waals surface area contributed by atoms with Crippen molar-refractivity contribution in [3.05, 3.63) is 0 Å². The summed E-state index contributed by atoms with van der Waals surface area (Å²) >= 11 is 0. The predicted octanol–water partition coefficient (Wildman–Crippen LogP) is 2.05. The number of amidine groups is 1. The molecule has 1 rings (SSSR count). The molecule has 1 aliphatic heterocycles. The molecule has 0 spiro atoms. The van der Waals surface area contributed by atoms with Gasteiger partial charge >= 0.3 is 0 Å². The SMILES string of the molecule is CCCCC1=NCCC=N1. The van der Waals surface area contributed by atoms with Crippen molar-refractivity contribution in [1.82, 2.24) is 0 Å². The van der Waals surface area contributed by atoms with Gasteiger partial charge in [-0.05, 0) is 6.42 Å². The summed E-state index contributed by atoms with van der Waals surface area (Å²) in [7, 11) is 0. The number of rotatable bonds is 3. The number of hydrogen-bond donors (Lipinski definition) is 0. The molecule has 2 heteroatoms. The van der Waals surface area contributed by atoms with Gasteiger partial charge in [-0.2, -0.15) is 0 Å². The van der Waals surface area contributed by atoms with E-state index in [9.17, 15) is 0 Å². The Bertz CT molecular complexity index is 147. The van der Waals surface area contributed by atoms with Crippen molar-refractivity contribution in [3.63, 3.8) is 0 Å². The van der Waals surface area contributed by atoms with Crippen LogP contribution in [0.5, 0.6) is 0 Å². The zero-order chi connectivity index (χ0) is 7.23. The largest absolute Gasteiger partial charge is 0.270 e. The normalized spacial score (nSPS) is 17.1. The van der Waals surface area contributed by atoms with Crippen LogP contribution in [0, 0.1) is 0 Å². The van der Waals surface area contributed by atoms with E-state index in [1.807, 2.05) is 6.21 Å². The Balaban J connectivity index is 2.26. The Labute approximate surface area is 62.1 Å². The Morgan fingerprint density at radius 3 is 3.10 bits per heavy atom. The fraction of sp³-hybridized carbons (Fsp3) is 0.750. The van der Waals surface area contributed by atoms with E-state index in [2.05, 4.69) is 16.9 Å². The standard InChI is InChI=1S/C8H14N2/c1-2-3-5-8-9-6-4-7-10-8/h6H,2-5,7H2,1H3. The first-order chi connectivity index (χ1) is 4.93. The fourth-order valence-corrected chi connectivity index (χ4v) is 0.941. The summed E-state index contributed by atoms with van der Waals surface area (Å²) in [5.41, 5.74) is 0. The van der Waals surface area contributed by atoms with E-state index in [0.717, 1.165) is 25.2 Å². The molecule has 0 aromatic carbocycles. The molecule has 1 heterocycles. The summed E-state index contributed by atoms with van der Waals surface area (Å²) in [4.78, 5) is 8.48. The molecule has 2 nitrogen and oxygen atoms in total. The Morgan fingerprint density at radius 1 is 1.60 bits per heavy atom. The lowest BCUT2D eigenvalue weighted by molar-refractivity contribution is 0.823. The summed E-state index contributed by atoms with van der Waals surface area (Å²) in [5.74, 6) is 1.05. The first-order valence-corrected chi connectivity index (χ1v) is 3.99. The minimum absolute atomic E-state index is 0.947. The highest BCUT2D eigenvalue weighted by Crippen LogP contribution is 2.01. The van der Waals surface area contributed by atoms with Gasteiger partial charge < -0.3 is 0 Å². The topological polar surface area (TPSA) is 24.7 Å². The van der Waals surface area contributed by atoms with Gasteiger partial charge in [0, 0.05) is 25.6 Å². The molecule has 0 N–H and O–H groups in total. The Hall–Kier alpha value is -0.660. The molecule has 56 valence electrons. The van der Waals surface area contributed by atoms with E-state index < -0.39 is 0 Å². The van der Waals surface area contributed by atoms with Crippen molar-refractivity contribution >= 4 is 12.1 Å². The molecule has 0 aromatic rings. The number of unbranched alkanes of at least 4 members (excludes halogenated alkanes) is 1. The van der Waals surface area contributed by atoms with E-state index in [4.69, 9.17) is 0 Å². The van der Waals surface area contributed by atoms with Gasteiger partial charge in [0.1, 0.15) is 5.84 Å². The zero-order valence-corrected chi connectivity index (χ0v) is 6.51. The van der Waals surface area contributed by atoms with Crippen molar-refractivity contribution in [2.75, 3.05) is 6.54 Å². The molecule has 0 aromatic heterocycles. The maximum absolute atomic E-state index is 4.29. The summed E-state index contributed by atoms with van der Waals surface area (Å²) in [6.45, 7) is 3.13. The number of aliphatic imine (C=N–C) groups is 2. The van der Waals surface area contributed by atoms with Gasteiger partial charge in [0.05, 0.1) is 0 Å². The molecule has 0 unspecified atom stereocenters. The van der Waals surface area contributed by atoms with Crippen LogP contribution in [0.15, 0.2) is 9.98 Å². The third-order valence-electron chi connectivity index (χ3n) is 1.55. The Morgan fingerprint density at radius 2 is 2.50 bits per heavy atom. The monoisotopic (exact) mass is 138 g/mol. The third-order valence-corrected chi connectivity index (χ3v) is 1.55. The molecular weight excluding hydrogens is 124 g/mol. The first kappa shape index (κ1) is 7.45. The quantitative estimate of drug-likeness (QED) is 0.570. The molecule has 0 radical (unpaired) electrons. The van der Waals surface area contributed by atoms with Crippen LogP contribution in [0.3, 0.4) is 0 Å². The summed E-state index contributed by atoms with van der Waals surface area (Å²) in [6, 6.07) is 0. The molecule has 0 saturated heterocycles. The summed E-state index contributed by atoms with van der Waals surface area (Å²) < 4.78 is 0. The number of hydrogen-bond acceptors (Lipinski definition) is 2. The van der Waals surface area contributed by atoms with Crippen LogP contribution in [0.2, 0.25) is 0 Å². The van der Waals surface area contributed by atoms with Crippen LogP contribution in [-0.2, 0) is 0 Å². The second-order valence-electron chi connectivity index (χ2n) is 2.50. The smallest absolute Gasteiger partial charge is 0.122 e. The molecular formula is C8H14N2. The maximum Gasteiger partial charge on any atom is 0.122 e. The minimum Gasteiger partial charge on any atom is -0.270 e. The molecule has 0 atom stereocenters. The lowest BCUT2D eigenvalue weighted by Crippen LogP contribution is -2.02. The van der Waals surface area contributed by atoms with Gasteiger partial charge in [-0.1, -0.05) is 13.3 Å². The van der Waals surface area contributed by atoms with Crippen LogP contribution < -0.4 is 0 Å². The lowest BCUT2D eigenvalue weighted by Gasteiger charge is -2.02. The second kappa shape index (κ2) is 4.20. The molecule has 0 aliphatic carbocycles. The first-order valence-electron chi connectivity index (χ1n) is 3.99. The summed E-state index contributed by atoms with van der Waals surface area (Å²) in [5, 5.41) is 0. The second-order valence-corrected chi connectivity index (χ2v) is 2.50. The molecule has 10 heavy (non-hydrogen) atoms. The average molecular weight is 138 g/mol. The highest BCUT2D eigenvalue weighted by atomic mass is 14.9. The van der Waals surface area contributed by atoms with Crippen molar-refractivity contribution in [2.24, 2.45) is 9.98 Å². The van der Waals surface area contributed by atoms with Crippen molar-refractivity contribution in [2.45, 2.75) is 32.6 Å². The van der Waals surface area contributed by atoms with Gasteiger partial charge in [0.25, 0.3) is 0 Å². The van der Waals surface area contributed by atoms with Crippen LogP contribution in [-0.4, -0.2) is 18.6 Å². The maximum atomic E-state index is 4.29. The van der Waals surface area contributed by atoms with Gasteiger partial charge in [-0.15, -0.1) is 0 Å². The average Bonchev–Trinajstić information content (AvgIpc) is 2.03. The van der Waals surface area contributed by atoms with E-state index >= 15 is 0 Å². The zero-order valence-electron chi connectivity index (χ0n) is 6.51. The predicted molar refractivity (Wildman–Crippen MR) is 44.9 cm³/mol. The number of nitrogens with zero attached hydrogens (tertiary/aromatic N) is 2. The molecule has 0 saturated carbocycles. The Kier molecular flexibility index (Phi) is 3.13. The van der Waals surface area contributed by atoms with Gasteiger partial charge in [0.15, 0.2) is 0 Å². The molecule has 0 fully saturated rings. The van der Waals surface area contributed by atoms with Crippen molar-refractivity contribution < 1.29 is 0 Å². The van der Waals surface area contributed by atoms with Crippen LogP contribution in [0.25, 0.3) is 0 Å². The van der Waals surface area contributed by atoms with E-state index in [0.29, 0.717) is 0 Å². The van der Waals surface area contributed by atoms with E-state index in [-0.39, 0.29) is 0 Å². The van der Waals surface area contributed by atoms with Crippen LogP contribution in [0.1, 0.15) is 32.6 Å². The summed E-state index contributed by atoms with van der Waals surface area (Å²) in [6.07, 6.45) is 6.51. The van der Waals surface area contributed by atoms with E-state index in [1.165, 1.54) is 12.8 Å². The molecule has 1 aliphatic rings. The van der Waals surface area contributed by atoms with Crippen LogP contribution >= 0.6 is 0 Å². The van der Waals surface area contributed by atoms with Gasteiger partial charge in [-0.25, -0.2) is 4.99 Å². The van der Waals surface area contributed by atoms with Gasteiger partial charge in [0.2, 0.25) is 0 Å². The van der Waals surface area contributed by atoms with E-state index in [1.54, 1.807) is 0 Å². The fourth-order valence-electron chi connectivity index (χ4n) is 0.941. The van der Waals surface area contributed by atoms with Crippen molar-refractivity contribution in [1.29, 1.82) is 0 Å². The molecule has 0 bridgehead atoms. The lowest BCUT2D eigenvalue weighted by atomic mass is 10.2. The van der Waals surface area contributed by atoms with Crippen molar-refractivity contribution in [3.8, 4) is 0 Å². The highest BCUT2D eigenvalue weighted by Gasteiger charge is 1.97.